The number of aromatic hydroxyl groups is 2. The van der Waals surface area contributed by atoms with Gasteiger partial charge in [0.15, 0.2) is 11.9 Å². The number of carbonyl (C=O) groups excluding carboxylic acids is 3. The fourth-order valence-electron chi connectivity index (χ4n) is 6.68. The fourth-order valence-corrected chi connectivity index (χ4v) is 6.68. The van der Waals surface area contributed by atoms with Gasteiger partial charge < -0.3 is 40.1 Å². The number of nitrogens with zero attached hydrogens (tertiary/aromatic N) is 6. The number of ether oxygens (including phenoxy) is 2. The maximum Gasteiger partial charge on any atom is 0.412 e. The fraction of sp³-hybridized carbons (Fsp3) is 0.432. The first-order chi connectivity index (χ1) is 27.1. The number of benzene rings is 2. The molecular formula is C37H42F2N8O10. The Hall–Kier alpha value is -5.99. The highest BCUT2D eigenvalue weighted by atomic mass is 19.3. The monoisotopic (exact) mass is 796 g/mol. The van der Waals surface area contributed by atoms with Gasteiger partial charge in [0.2, 0.25) is 12.1 Å². The number of nitrogens with one attached hydrogen (secondary N) is 2. The number of aliphatic hydroxyl groups is 2. The second kappa shape index (κ2) is 16.6. The Morgan fingerprint density at radius 2 is 1.75 bits per heavy atom. The molecule has 4 aromatic rings. The number of hydrogen-bond donors (Lipinski definition) is 6. The standard InChI is InChI=1S/C37H42F2N8O10/c1-4-40-32(52)31-44-43-30(24-15-23(19(2)3)25(49)16-26(24)50)47(31)22-7-5-21(6-8-22)33(53)45-12-9-20(10-13-45)18-56-36(55)42-28-11-14-46(35(54)41-28)34-37(38,39)29(51)27(17-48)57-34/h5-8,11,14-16,19-20,27,29,34,48-51H,4,9-10,12-13,17-18H2,1-3H3,(H,40,52)(H,41,42,54,55)/t27-,29-,34-/m0/s1. The molecule has 4 heterocycles. The molecule has 2 aliphatic heterocycles. The number of piperidine rings is 1. The first-order valence-corrected chi connectivity index (χ1v) is 18.2. The van der Waals surface area contributed by atoms with E-state index < -0.39 is 48.7 Å². The largest absolute Gasteiger partial charge is 0.508 e. The topological polar surface area (TPSA) is 243 Å². The van der Waals surface area contributed by atoms with Crippen LogP contribution in [0, 0.1) is 5.92 Å². The van der Waals surface area contributed by atoms with E-state index in [0.29, 0.717) is 53.9 Å². The van der Waals surface area contributed by atoms with Gasteiger partial charge in [-0.15, -0.1) is 10.2 Å². The van der Waals surface area contributed by atoms with Crippen LogP contribution in [0.15, 0.2) is 53.5 Å². The summed E-state index contributed by atoms with van der Waals surface area (Å²) in [5, 5.41) is 53.4. The van der Waals surface area contributed by atoms with Crippen LogP contribution >= 0.6 is 0 Å². The Balaban J connectivity index is 1.06. The van der Waals surface area contributed by atoms with Crippen molar-refractivity contribution in [3.05, 3.63) is 76.1 Å². The second-order valence-electron chi connectivity index (χ2n) is 14.0. The number of carbonyl (C=O) groups is 3. The van der Waals surface area contributed by atoms with Gasteiger partial charge in [0.05, 0.1) is 18.8 Å². The number of anilines is 1. The summed E-state index contributed by atoms with van der Waals surface area (Å²) in [4.78, 5) is 56.7. The van der Waals surface area contributed by atoms with Gasteiger partial charge in [-0.05, 0) is 73.6 Å². The van der Waals surface area contributed by atoms with Crippen molar-refractivity contribution in [2.45, 2.75) is 63.9 Å². The Kier molecular flexibility index (Phi) is 11.9. The summed E-state index contributed by atoms with van der Waals surface area (Å²) in [7, 11) is 0. The van der Waals surface area contributed by atoms with Crippen LogP contribution in [-0.4, -0.2) is 119 Å². The molecule has 57 heavy (non-hydrogen) atoms. The van der Waals surface area contributed by atoms with E-state index in [-0.39, 0.29) is 58.9 Å². The van der Waals surface area contributed by atoms with Crippen LogP contribution in [0.4, 0.5) is 19.4 Å². The zero-order valence-electron chi connectivity index (χ0n) is 31.1. The number of alkyl halides is 2. The van der Waals surface area contributed by atoms with Crippen LogP contribution < -0.4 is 16.3 Å². The molecule has 2 aromatic carbocycles. The maximum atomic E-state index is 14.5. The van der Waals surface area contributed by atoms with Gasteiger partial charge in [0.1, 0.15) is 23.4 Å². The predicted octanol–water partition coefficient (Wildman–Crippen LogP) is 2.76. The average Bonchev–Trinajstić information content (AvgIpc) is 3.72. The summed E-state index contributed by atoms with van der Waals surface area (Å²) >= 11 is 0. The third kappa shape index (κ3) is 8.28. The van der Waals surface area contributed by atoms with Gasteiger partial charge in [0.25, 0.3) is 11.8 Å². The van der Waals surface area contributed by atoms with E-state index in [1.807, 2.05) is 13.8 Å². The Morgan fingerprint density at radius 1 is 1.05 bits per heavy atom. The van der Waals surface area contributed by atoms with Gasteiger partial charge in [-0.3, -0.25) is 24.0 Å². The molecule has 6 rings (SSSR count). The number of aromatic nitrogens is 5. The van der Waals surface area contributed by atoms with Crippen molar-refractivity contribution in [1.82, 2.24) is 34.5 Å². The Labute approximate surface area is 323 Å². The molecule has 3 atom stereocenters. The van der Waals surface area contributed by atoms with Crippen LogP contribution in [0.2, 0.25) is 0 Å². The number of hydrogen-bond acceptors (Lipinski definition) is 13. The van der Waals surface area contributed by atoms with Gasteiger partial charge in [0, 0.05) is 43.1 Å². The molecule has 2 aromatic heterocycles. The number of phenolic OH excluding ortho intramolecular Hbond substituents is 2. The van der Waals surface area contributed by atoms with Crippen LogP contribution in [0.1, 0.15) is 72.3 Å². The summed E-state index contributed by atoms with van der Waals surface area (Å²) < 4.78 is 41.1. The molecule has 0 radical (unpaired) electrons. The number of likely N-dealkylation sites (tertiary alicyclic amines) is 1. The smallest absolute Gasteiger partial charge is 0.412 e. The van der Waals surface area contributed by atoms with Crippen molar-refractivity contribution in [1.29, 1.82) is 0 Å². The molecule has 2 aliphatic rings. The minimum Gasteiger partial charge on any atom is -0.508 e. The molecule has 0 spiro atoms. The number of halogens is 2. The highest BCUT2D eigenvalue weighted by molar-refractivity contribution is 5.95. The third-order valence-electron chi connectivity index (χ3n) is 9.81. The van der Waals surface area contributed by atoms with Crippen LogP contribution in [0.3, 0.4) is 0 Å². The minimum absolute atomic E-state index is 0.00728. The summed E-state index contributed by atoms with van der Waals surface area (Å²) in [5.74, 6) is -5.34. The summed E-state index contributed by atoms with van der Waals surface area (Å²) in [6.45, 7) is 5.68. The zero-order chi connectivity index (χ0) is 41.2. The highest BCUT2D eigenvalue weighted by Crippen LogP contribution is 2.42. The van der Waals surface area contributed by atoms with E-state index in [1.54, 1.807) is 42.2 Å². The molecule has 2 saturated heterocycles. The number of aliphatic hydroxyl groups excluding tert-OH is 2. The second-order valence-corrected chi connectivity index (χ2v) is 14.0. The molecule has 0 unspecified atom stereocenters. The van der Waals surface area contributed by atoms with E-state index in [1.165, 1.54) is 10.6 Å². The summed E-state index contributed by atoms with van der Waals surface area (Å²) in [6.07, 6.45) is -5.16. The van der Waals surface area contributed by atoms with E-state index >= 15 is 0 Å². The molecule has 3 amide bonds. The molecule has 6 N–H and O–H groups in total. The van der Waals surface area contributed by atoms with E-state index in [0.717, 1.165) is 12.3 Å². The Morgan fingerprint density at radius 3 is 2.37 bits per heavy atom. The molecule has 18 nitrogen and oxygen atoms in total. The van der Waals surface area contributed by atoms with Crippen LogP contribution in [0.5, 0.6) is 11.5 Å². The lowest BCUT2D eigenvalue weighted by atomic mass is 9.97. The highest BCUT2D eigenvalue weighted by Gasteiger charge is 2.59. The first-order valence-electron chi connectivity index (χ1n) is 18.2. The van der Waals surface area contributed by atoms with E-state index in [9.17, 15) is 48.4 Å². The molecule has 0 bridgehead atoms. The zero-order valence-corrected chi connectivity index (χ0v) is 31.1. The van der Waals surface area contributed by atoms with Crippen LogP contribution in [-0.2, 0) is 9.47 Å². The molecule has 0 aliphatic carbocycles. The molecule has 0 saturated carbocycles. The lowest BCUT2D eigenvalue weighted by Crippen LogP contribution is -2.41. The summed E-state index contributed by atoms with van der Waals surface area (Å²) in [5.41, 5.74) is 0.423. The molecule has 20 heteroatoms. The van der Waals surface area contributed by atoms with Gasteiger partial charge in [-0.25, -0.2) is 9.59 Å². The van der Waals surface area contributed by atoms with Gasteiger partial charge in [-0.1, -0.05) is 13.8 Å². The minimum atomic E-state index is -3.89. The van der Waals surface area contributed by atoms with Crippen molar-refractivity contribution in [2.75, 3.05) is 38.2 Å². The quantitative estimate of drug-likeness (QED) is 0.128. The SMILES string of the molecule is CCNC(=O)c1nnc(-c2cc(C(C)C)c(O)cc2O)n1-c1ccc(C(=O)N2CCC(COC(=O)Nc3ccn([C@H]4O[C@@H](CO)[C@H](O)C4(F)F)c(=O)n3)CC2)cc1. The average molecular weight is 797 g/mol. The van der Waals surface area contributed by atoms with E-state index in [2.05, 4.69) is 25.8 Å². The van der Waals surface area contributed by atoms with Crippen molar-refractivity contribution < 1.29 is 53.1 Å². The summed E-state index contributed by atoms with van der Waals surface area (Å²) in [6, 6.07) is 10.4. The van der Waals surface area contributed by atoms with Crippen molar-refractivity contribution >= 4 is 23.7 Å². The number of rotatable bonds is 11. The third-order valence-corrected chi connectivity index (χ3v) is 9.81. The number of phenols is 2. The van der Waals surface area contributed by atoms with E-state index in [4.69, 9.17) is 9.47 Å². The predicted molar refractivity (Wildman–Crippen MR) is 196 cm³/mol. The molecule has 2 fully saturated rings. The normalized spacial score (nSPS) is 19.4. The van der Waals surface area contributed by atoms with Crippen LogP contribution in [0.25, 0.3) is 17.1 Å². The molecule has 304 valence electrons. The maximum absolute atomic E-state index is 14.5. The molecular weight excluding hydrogens is 754 g/mol. The lowest BCUT2D eigenvalue weighted by molar-refractivity contribution is -0.140. The van der Waals surface area contributed by atoms with Crippen molar-refractivity contribution in [3.8, 4) is 28.6 Å². The van der Waals surface area contributed by atoms with Crippen molar-refractivity contribution in [2.24, 2.45) is 5.92 Å². The van der Waals surface area contributed by atoms with Crippen molar-refractivity contribution in [3.63, 3.8) is 0 Å². The van der Waals surface area contributed by atoms with Gasteiger partial charge >= 0.3 is 17.7 Å². The number of amides is 3. The Bertz CT molecular complexity index is 2190. The lowest BCUT2D eigenvalue weighted by Gasteiger charge is -2.31. The van der Waals surface area contributed by atoms with Gasteiger partial charge in [-0.2, -0.15) is 13.8 Å². The first kappa shape index (κ1) is 40.7.